The van der Waals surface area contributed by atoms with Gasteiger partial charge in [-0.15, -0.1) is 0 Å². The van der Waals surface area contributed by atoms with Crippen molar-refractivity contribution in [2.45, 2.75) is 13.8 Å². The highest BCUT2D eigenvalue weighted by atomic mass is 16.1. The van der Waals surface area contributed by atoms with E-state index in [-0.39, 0.29) is 0 Å². The van der Waals surface area contributed by atoms with Crippen molar-refractivity contribution in [2.24, 2.45) is 0 Å². The minimum absolute atomic E-state index is 0.745. The molecule has 0 atom stereocenters. The van der Waals surface area contributed by atoms with Gasteiger partial charge in [0.05, 0.1) is 0 Å². The minimum atomic E-state index is 0.745. The smallest absolute Gasteiger partial charge is 0.142 e. The summed E-state index contributed by atoms with van der Waals surface area (Å²) in [5, 5.41) is 0. The highest BCUT2D eigenvalue weighted by molar-refractivity contribution is 5.66. The summed E-state index contributed by atoms with van der Waals surface area (Å²) in [7, 11) is 0. The first-order valence-electron chi connectivity index (χ1n) is 4.96. The first kappa shape index (κ1) is 14.0. The quantitative estimate of drug-likeness (QED) is 0.388. The maximum absolute atomic E-state index is 10.1. The largest absolute Gasteiger partial charge is 0.299 e. The Kier molecular flexibility index (Phi) is 8.41. The van der Waals surface area contributed by atoms with Crippen molar-refractivity contribution in [3.63, 3.8) is 0 Å². The van der Waals surface area contributed by atoms with Gasteiger partial charge in [-0.05, 0) is 26.0 Å². The molecule has 0 heterocycles. The molecule has 0 aliphatic rings. The average molecular weight is 216 g/mol. The summed E-state index contributed by atoms with van der Waals surface area (Å²) >= 11 is 0. The third kappa shape index (κ3) is 8.63. The lowest BCUT2D eigenvalue weighted by Crippen LogP contribution is -1.68. The molecule has 0 N–H and O–H groups in total. The van der Waals surface area contributed by atoms with Crippen LogP contribution in [-0.2, 0) is 9.59 Å². The Labute approximate surface area is 96.4 Å². The number of hydrogen-bond acceptors (Lipinski definition) is 2. The maximum atomic E-state index is 10.1. The molecule has 2 nitrogen and oxygen atoms in total. The molecule has 0 aromatic carbocycles. The molecule has 0 fully saturated rings. The van der Waals surface area contributed by atoms with Crippen molar-refractivity contribution >= 4 is 12.6 Å². The molecule has 84 valence electrons. The summed E-state index contributed by atoms with van der Waals surface area (Å²) in [6.07, 6.45) is 15.4. The van der Waals surface area contributed by atoms with E-state index in [1.165, 1.54) is 12.2 Å². The molecule has 0 aromatic heterocycles. The van der Waals surface area contributed by atoms with Crippen molar-refractivity contribution in [1.82, 2.24) is 0 Å². The number of hydrogen-bond donors (Lipinski definition) is 0. The first-order chi connectivity index (χ1) is 7.70. The van der Waals surface area contributed by atoms with Crippen molar-refractivity contribution in [2.75, 3.05) is 0 Å². The monoisotopic (exact) mass is 216 g/mol. The summed E-state index contributed by atoms with van der Waals surface area (Å²) in [6.45, 7) is 3.82. The maximum Gasteiger partial charge on any atom is 0.142 e. The lowest BCUT2D eigenvalue weighted by Gasteiger charge is -1.86. The molecular formula is C14H16O2. The number of rotatable bonds is 6. The predicted molar refractivity (Wildman–Crippen MR) is 67.1 cm³/mol. The van der Waals surface area contributed by atoms with E-state index in [4.69, 9.17) is 0 Å². The zero-order chi connectivity index (χ0) is 12.2. The minimum Gasteiger partial charge on any atom is -0.299 e. The van der Waals surface area contributed by atoms with Crippen LogP contribution >= 0.6 is 0 Å². The summed E-state index contributed by atoms with van der Waals surface area (Å²) in [6, 6.07) is 0. The fraction of sp³-hybridized carbons (Fsp3) is 0.143. The Bertz CT molecular complexity index is 330. The molecule has 0 aromatic rings. The molecule has 0 amide bonds. The van der Waals surface area contributed by atoms with Crippen LogP contribution in [0.25, 0.3) is 0 Å². The van der Waals surface area contributed by atoms with E-state index in [0.717, 1.165) is 23.7 Å². The number of aldehydes is 2. The van der Waals surface area contributed by atoms with Crippen molar-refractivity contribution in [1.29, 1.82) is 0 Å². The zero-order valence-electron chi connectivity index (χ0n) is 9.59. The Morgan fingerprint density at radius 1 is 0.688 bits per heavy atom. The Hall–Kier alpha value is -1.96. The van der Waals surface area contributed by atoms with Gasteiger partial charge in [0.2, 0.25) is 0 Å². The second-order valence-corrected chi connectivity index (χ2v) is 3.20. The van der Waals surface area contributed by atoms with Crippen LogP contribution in [0.15, 0.2) is 59.8 Å². The van der Waals surface area contributed by atoms with Gasteiger partial charge >= 0.3 is 0 Å². The van der Waals surface area contributed by atoms with E-state index < -0.39 is 0 Å². The average Bonchev–Trinajstić information content (AvgIpc) is 2.29. The molecular weight excluding hydrogens is 200 g/mol. The Balaban J connectivity index is 4.29. The van der Waals surface area contributed by atoms with E-state index in [2.05, 4.69) is 0 Å². The van der Waals surface area contributed by atoms with E-state index in [1.807, 2.05) is 38.2 Å². The topological polar surface area (TPSA) is 34.1 Å². The van der Waals surface area contributed by atoms with Crippen molar-refractivity contribution in [3.8, 4) is 0 Å². The van der Waals surface area contributed by atoms with E-state index in [1.54, 1.807) is 12.2 Å². The standard InChI is InChI=1S/C14H16O2/c1-13(9-5-11-15)7-3-4-8-14(2)10-6-12-16/h3-12H,1-2H3. The lowest BCUT2D eigenvalue weighted by molar-refractivity contribution is -0.104. The normalized spacial score (nSPS) is 14.1. The highest BCUT2D eigenvalue weighted by Crippen LogP contribution is 1.97. The van der Waals surface area contributed by atoms with Crippen LogP contribution in [0.2, 0.25) is 0 Å². The molecule has 16 heavy (non-hydrogen) atoms. The van der Waals surface area contributed by atoms with Gasteiger partial charge in [0.1, 0.15) is 12.6 Å². The third-order valence-electron chi connectivity index (χ3n) is 1.70. The lowest BCUT2D eigenvalue weighted by atomic mass is 10.2. The third-order valence-corrected chi connectivity index (χ3v) is 1.70. The fourth-order valence-corrected chi connectivity index (χ4v) is 0.908. The second-order valence-electron chi connectivity index (χ2n) is 3.20. The van der Waals surface area contributed by atoms with Crippen LogP contribution in [-0.4, -0.2) is 12.6 Å². The molecule has 0 rings (SSSR count). The van der Waals surface area contributed by atoms with Gasteiger partial charge in [-0.25, -0.2) is 0 Å². The summed E-state index contributed by atoms with van der Waals surface area (Å²) in [5.41, 5.74) is 2.00. The van der Waals surface area contributed by atoms with Gasteiger partial charge < -0.3 is 0 Å². The van der Waals surface area contributed by atoms with Gasteiger partial charge in [0.25, 0.3) is 0 Å². The molecule has 0 spiro atoms. The molecule has 0 bridgehead atoms. The predicted octanol–water partition coefficient (Wildman–Crippen LogP) is 2.95. The van der Waals surface area contributed by atoms with Crippen LogP contribution in [0, 0.1) is 0 Å². The van der Waals surface area contributed by atoms with E-state index >= 15 is 0 Å². The molecule has 0 radical (unpaired) electrons. The molecule has 2 heteroatoms. The van der Waals surface area contributed by atoms with Gasteiger partial charge in [0.15, 0.2) is 0 Å². The molecule has 0 aliphatic carbocycles. The molecule has 0 saturated heterocycles. The van der Waals surface area contributed by atoms with Crippen LogP contribution in [0.5, 0.6) is 0 Å². The summed E-state index contributed by atoms with van der Waals surface area (Å²) in [4.78, 5) is 20.1. The molecule has 0 aliphatic heterocycles. The van der Waals surface area contributed by atoms with Gasteiger partial charge in [-0.1, -0.05) is 47.6 Å². The number of carbonyl (C=O) groups excluding carboxylic acids is 2. The van der Waals surface area contributed by atoms with Gasteiger partial charge in [-0.3, -0.25) is 9.59 Å². The van der Waals surface area contributed by atoms with Crippen LogP contribution in [0.4, 0.5) is 0 Å². The summed E-state index contributed by atoms with van der Waals surface area (Å²) in [5.74, 6) is 0. The molecule has 0 saturated carbocycles. The van der Waals surface area contributed by atoms with Crippen LogP contribution in [0.1, 0.15) is 13.8 Å². The van der Waals surface area contributed by atoms with Gasteiger partial charge in [0, 0.05) is 0 Å². The fourth-order valence-electron chi connectivity index (χ4n) is 0.908. The van der Waals surface area contributed by atoms with Crippen molar-refractivity contribution in [3.05, 3.63) is 59.8 Å². The second kappa shape index (κ2) is 9.59. The van der Waals surface area contributed by atoms with Crippen molar-refractivity contribution < 1.29 is 9.59 Å². The van der Waals surface area contributed by atoms with Crippen LogP contribution in [0.3, 0.4) is 0 Å². The Morgan fingerprint density at radius 3 is 1.38 bits per heavy atom. The van der Waals surface area contributed by atoms with Gasteiger partial charge in [-0.2, -0.15) is 0 Å². The molecule has 0 unspecified atom stereocenters. The van der Waals surface area contributed by atoms with E-state index in [9.17, 15) is 9.59 Å². The van der Waals surface area contributed by atoms with E-state index in [0.29, 0.717) is 0 Å². The number of allylic oxidation sites excluding steroid dienone is 10. The highest BCUT2D eigenvalue weighted by Gasteiger charge is 1.78. The van der Waals surface area contributed by atoms with Crippen LogP contribution < -0.4 is 0 Å². The first-order valence-corrected chi connectivity index (χ1v) is 4.96. The number of carbonyl (C=O) groups is 2. The summed E-state index contributed by atoms with van der Waals surface area (Å²) < 4.78 is 0. The zero-order valence-corrected chi connectivity index (χ0v) is 9.59. The SMILES string of the molecule is CC(C=CC=O)=CC=CC=C(C)C=CC=O. The Morgan fingerprint density at radius 2 is 1.06 bits per heavy atom.